The molecule has 0 aromatic heterocycles. The zero-order valence-corrected chi connectivity index (χ0v) is 13.0. The summed E-state index contributed by atoms with van der Waals surface area (Å²) in [4.78, 5) is 48.2. The van der Waals surface area contributed by atoms with Gasteiger partial charge in [0.05, 0.1) is 11.8 Å². The van der Waals surface area contributed by atoms with Crippen molar-refractivity contribution in [3.05, 3.63) is 0 Å². The van der Waals surface area contributed by atoms with Crippen LogP contribution in [-0.2, 0) is 19.2 Å². The van der Waals surface area contributed by atoms with Crippen molar-refractivity contribution in [1.29, 1.82) is 0 Å². The van der Waals surface area contributed by atoms with Gasteiger partial charge in [-0.05, 0) is 32.6 Å². The Morgan fingerprint density at radius 1 is 1.00 bits per heavy atom. The summed E-state index contributed by atoms with van der Waals surface area (Å²) in [6, 6.07) is -1.71. The Kier molecular flexibility index (Phi) is 5.23. The van der Waals surface area contributed by atoms with E-state index in [0.717, 1.165) is 0 Å². The average Bonchev–Trinajstić information content (AvgIpc) is 3.14. The van der Waals surface area contributed by atoms with Crippen LogP contribution in [0.15, 0.2) is 0 Å². The van der Waals surface area contributed by atoms with Gasteiger partial charge in [0.1, 0.15) is 12.1 Å². The Balaban J connectivity index is 1.96. The quantitative estimate of drug-likeness (QED) is 0.656. The smallest absolute Gasteiger partial charge is 0.326 e. The highest BCUT2D eigenvalue weighted by Gasteiger charge is 2.40. The standard InChI is InChI=1S/C15H22N2O6/c1-8(13(19)17-7-3-6-11(17)15(22)23)16-12(18)9-4-2-5-10(9)14(20)21/h8-11H,2-7H2,1H3,(H,16,18)(H,20,21)(H,22,23)/t8-,9?,10?,11-/m0/s1. The second-order valence-corrected chi connectivity index (χ2v) is 6.24. The monoisotopic (exact) mass is 326 g/mol. The van der Waals surface area contributed by atoms with Gasteiger partial charge in [0.2, 0.25) is 11.8 Å². The molecule has 0 aromatic rings. The number of carboxylic acid groups (broad SMARTS) is 2. The molecule has 1 heterocycles. The number of hydrogen-bond donors (Lipinski definition) is 3. The molecule has 4 atom stereocenters. The maximum absolute atomic E-state index is 12.4. The summed E-state index contributed by atoms with van der Waals surface area (Å²) in [5.74, 6) is -4.26. The summed E-state index contributed by atoms with van der Waals surface area (Å²) in [5, 5.41) is 20.8. The predicted octanol–water partition coefficient (Wildman–Crippen LogP) is 0.0676. The number of likely N-dealkylation sites (tertiary alicyclic amines) is 1. The third-order valence-corrected chi connectivity index (χ3v) is 4.72. The van der Waals surface area contributed by atoms with Crippen molar-refractivity contribution in [3.8, 4) is 0 Å². The minimum absolute atomic E-state index is 0.358. The fourth-order valence-corrected chi connectivity index (χ4v) is 3.49. The lowest BCUT2D eigenvalue weighted by atomic mass is 9.95. The molecule has 1 aliphatic carbocycles. The molecule has 2 aliphatic rings. The van der Waals surface area contributed by atoms with Crippen LogP contribution in [-0.4, -0.2) is 57.5 Å². The van der Waals surface area contributed by atoms with Gasteiger partial charge in [0.15, 0.2) is 0 Å². The van der Waals surface area contributed by atoms with Gasteiger partial charge < -0.3 is 20.4 Å². The van der Waals surface area contributed by atoms with E-state index in [1.54, 1.807) is 0 Å². The first kappa shape index (κ1) is 17.2. The van der Waals surface area contributed by atoms with Crippen LogP contribution >= 0.6 is 0 Å². The maximum atomic E-state index is 12.4. The van der Waals surface area contributed by atoms with Crippen LogP contribution in [0.2, 0.25) is 0 Å². The molecule has 2 amide bonds. The van der Waals surface area contributed by atoms with Gasteiger partial charge in [-0.3, -0.25) is 14.4 Å². The molecule has 2 unspecified atom stereocenters. The van der Waals surface area contributed by atoms with Crippen LogP contribution in [0, 0.1) is 11.8 Å². The third kappa shape index (κ3) is 3.62. The zero-order chi connectivity index (χ0) is 17.1. The van der Waals surface area contributed by atoms with Crippen LogP contribution in [0.1, 0.15) is 39.0 Å². The summed E-state index contributed by atoms with van der Waals surface area (Å²) < 4.78 is 0. The first-order valence-corrected chi connectivity index (χ1v) is 7.89. The van der Waals surface area contributed by atoms with E-state index in [1.165, 1.54) is 11.8 Å². The van der Waals surface area contributed by atoms with Crippen LogP contribution in [0.4, 0.5) is 0 Å². The van der Waals surface area contributed by atoms with Gasteiger partial charge in [0, 0.05) is 6.54 Å². The lowest BCUT2D eigenvalue weighted by Gasteiger charge is -2.26. The van der Waals surface area contributed by atoms with Crippen molar-refractivity contribution in [2.75, 3.05) is 6.54 Å². The SMILES string of the molecule is C[C@H](NC(=O)C1CCCC1C(=O)O)C(=O)N1CCC[C@H]1C(=O)O. The highest BCUT2D eigenvalue weighted by Crippen LogP contribution is 2.32. The summed E-state index contributed by atoms with van der Waals surface area (Å²) in [5.41, 5.74) is 0. The fourth-order valence-electron chi connectivity index (χ4n) is 3.49. The van der Waals surface area contributed by atoms with E-state index in [2.05, 4.69) is 5.32 Å². The normalized spacial score (nSPS) is 28.4. The molecular weight excluding hydrogens is 304 g/mol. The number of amides is 2. The van der Waals surface area contributed by atoms with Gasteiger partial charge in [0.25, 0.3) is 0 Å². The molecule has 0 aromatic carbocycles. The molecule has 0 radical (unpaired) electrons. The third-order valence-electron chi connectivity index (χ3n) is 4.72. The van der Waals surface area contributed by atoms with Gasteiger partial charge in [-0.25, -0.2) is 4.79 Å². The summed E-state index contributed by atoms with van der Waals surface area (Å²) in [6.07, 6.45) is 2.65. The Morgan fingerprint density at radius 2 is 1.65 bits per heavy atom. The maximum Gasteiger partial charge on any atom is 0.326 e. The minimum Gasteiger partial charge on any atom is -0.481 e. The minimum atomic E-state index is -1.05. The van der Waals surface area contributed by atoms with Crippen molar-refractivity contribution in [2.24, 2.45) is 11.8 Å². The molecular formula is C15H22N2O6. The molecule has 2 rings (SSSR count). The first-order valence-electron chi connectivity index (χ1n) is 7.89. The van der Waals surface area contributed by atoms with Crippen LogP contribution in [0.25, 0.3) is 0 Å². The predicted molar refractivity (Wildman–Crippen MR) is 78.4 cm³/mol. The second-order valence-electron chi connectivity index (χ2n) is 6.24. The van der Waals surface area contributed by atoms with Crippen molar-refractivity contribution in [1.82, 2.24) is 10.2 Å². The lowest BCUT2D eigenvalue weighted by molar-refractivity contribution is -0.150. The number of nitrogens with one attached hydrogen (secondary N) is 1. The Labute approximate surface area is 133 Å². The number of carbonyl (C=O) groups is 4. The van der Waals surface area contributed by atoms with E-state index in [-0.39, 0.29) is 0 Å². The van der Waals surface area contributed by atoms with Crippen molar-refractivity contribution >= 4 is 23.8 Å². The molecule has 0 bridgehead atoms. The highest BCUT2D eigenvalue weighted by molar-refractivity contribution is 5.92. The molecule has 8 nitrogen and oxygen atoms in total. The summed E-state index contributed by atoms with van der Waals surface area (Å²) in [6.45, 7) is 1.86. The molecule has 0 spiro atoms. The molecule has 23 heavy (non-hydrogen) atoms. The molecule has 1 saturated heterocycles. The van der Waals surface area contributed by atoms with Gasteiger partial charge >= 0.3 is 11.9 Å². The van der Waals surface area contributed by atoms with Crippen molar-refractivity contribution in [3.63, 3.8) is 0 Å². The highest BCUT2D eigenvalue weighted by atomic mass is 16.4. The van der Waals surface area contributed by atoms with E-state index in [1.807, 2.05) is 0 Å². The Hall–Kier alpha value is -2.12. The molecule has 8 heteroatoms. The van der Waals surface area contributed by atoms with E-state index in [0.29, 0.717) is 38.6 Å². The van der Waals surface area contributed by atoms with Crippen LogP contribution < -0.4 is 5.32 Å². The van der Waals surface area contributed by atoms with E-state index in [4.69, 9.17) is 10.2 Å². The first-order chi connectivity index (χ1) is 10.8. The lowest BCUT2D eigenvalue weighted by Crippen LogP contribution is -2.51. The number of carboxylic acids is 2. The number of hydrogen-bond acceptors (Lipinski definition) is 4. The van der Waals surface area contributed by atoms with Crippen LogP contribution in [0.5, 0.6) is 0 Å². The molecule has 128 valence electrons. The van der Waals surface area contributed by atoms with Crippen LogP contribution in [0.3, 0.4) is 0 Å². The molecule has 1 saturated carbocycles. The number of aliphatic carboxylic acids is 2. The van der Waals surface area contributed by atoms with Gasteiger partial charge in [-0.2, -0.15) is 0 Å². The van der Waals surface area contributed by atoms with Crippen molar-refractivity contribution < 1.29 is 29.4 Å². The average molecular weight is 326 g/mol. The van der Waals surface area contributed by atoms with E-state index in [9.17, 15) is 19.2 Å². The summed E-state index contributed by atoms with van der Waals surface area (Å²) >= 11 is 0. The van der Waals surface area contributed by atoms with E-state index >= 15 is 0 Å². The molecule has 1 aliphatic heterocycles. The molecule has 3 N–H and O–H groups in total. The number of rotatable bonds is 5. The Bertz CT molecular complexity index is 520. The fraction of sp³-hybridized carbons (Fsp3) is 0.733. The van der Waals surface area contributed by atoms with Gasteiger partial charge in [-0.15, -0.1) is 0 Å². The Morgan fingerprint density at radius 3 is 2.26 bits per heavy atom. The van der Waals surface area contributed by atoms with Gasteiger partial charge in [-0.1, -0.05) is 6.42 Å². The van der Waals surface area contributed by atoms with E-state index < -0.39 is 47.7 Å². The van der Waals surface area contributed by atoms with Crippen molar-refractivity contribution in [2.45, 2.75) is 51.1 Å². The topological polar surface area (TPSA) is 124 Å². The second kappa shape index (κ2) is 6.97. The molecule has 2 fully saturated rings. The number of carbonyl (C=O) groups excluding carboxylic acids is 2. The summed E-state index contributed by atoms with van der Waals surface area (Å²) in [7, 11) is 0. The number of nitrogens with zero attached hydrogens (tertiary/aromatic N) is 1. The largest absolute Gasteiger partial charge is 0.481 e. The zero-order valence-electron chi connectivity index (χ0n) is 13.0.